The first kappa shape index (κ1) is 13.1. The van der Waals surface area contributed by atoms with Crippen molar-refractivity contribution < 1.29 is 19.1 Å². The van der Waals surface area contributed by atoms with Gasteiger partial charge in [-0.15, -0.1) is 0 Å². The highest BCUT2D eigenvalue weighted by molar-refractivity contribution is 5.94. The fourth-order valence-electron chi connectivity index (χ4n) is 1.31. The highest BCUT2D eigenvalue weighted by atomic mass is 19.1. The molecule has 0 saturated heterocycles. The van der Waals surface area contributed by atoms with Crippen LogP contribution in [0.5, 0.6) is 0 Å². The van der Waals surface area contributed by atoms with Crippen molar-refractivity contribution in [1.29, 1.82) is 0 Å². The molecule has 1 heterocycles. The molecule has 0 fully saturated rings. The zero-order valence-electron chi connectivity index (χ0n) is 9.31. The minimum atomic E-state index is -0.991. The number of nitrogens with one attached hydrogen (secondary N) is 1. The average molecular weight is 240 g/mol. The number of carbonyl (C=O) groups is 2. The molecule has 1 unspecified atom stereocenters. The monoisotopic (exact) mass is 240 g/mol. The third-order valence-electron chi connectivity index (χ3n) is 2.22. The van der Waals surface area contributed by atoms with Crippen molar-refractivity contribution in [2.75, 3.05) is 0 Å². The van der Waals surface area contributed by atoms with Gasteiger partial charge >= 0.3 is 5.97 Å². The van der Waals surface area contributed by atoms with Crippen molar-refractivity contribution in [2.24, 2.45) is 0 Å². The van der Waals surface area contributed by atoms with Gasteiger partial charge in [-0.2, -0.15) is 0 Å². The summed E-state index contributed by atoms with van der Waals surface area (Å²) in [5.74, 6) is -2.12. The number of amides is 1. The van der Waals surface area contributed by atoms with Gasteiger partial charge in [-0.25, -0.2) is 4.39 Å². The number of nitrogens with zero attached hydrogens (tertiary/aromatic N) is 1. The highest BCUT2D eigenvalue weighted by Gasteiger charge is 2.15. The van der Waals surface area contributed by atoms with Gasteiger partial charge in [0.15, 0.2) is 0 Å². The van der Waals surface area contributed by atoms with Gasteiger partial charge in [-0.1, -0.05) is 6.92 Å². The largest absolute Gasteiger partial charge is 0.481 e. The molecule has 0 aliphatic rings. The van der Waals surface area contributed by atoms with Gasteiger partial charge in [-0.05, 0) is 12.5 Å². The number of halogens is 1. The van der Waals surface area contributed by atoms with E-state index in [4.69, 9.17) is 5.11 Å². The quantitative estimate of drug-likeness (QED) is 0.810. The van der Waals surface area contributed by atoms with Crippen LogP contribution in [0.4, 0.5) is 4.39 Å². The van der Waals surface area contributed by atoms with Gasteiger partial charge in [0.25, 0.3) is 5.91 Å². The molecule has 0 bridgehead atoms. The van der Waals surface area contributed by atoms with E-state index in [1.54, 1.807) is 6.92 Å². The van der Waals surface area contributed by atoms with Crippen LogP contribution in [-0.4, -0.2) is 28.0 Å². The van der Waals surface area contributed by atoms with Crippen LogP contribution in [0, 0.1) is 5.82 Å². The molecule has 1 aromatic heterocycles. The molecule has 1 aromatic rings. The average Bonchev–Trinajstić information content (AvgIpc) is 2.27. The molecular weight excluding hydrogens is 227 g/mol. The molecule has 1 amide bonds. The Balaban J connectivity index is 2.67. The second kappa shape index (κ2) is 5.93. The molecule has 1 atom stereocenters. The lowest BCUT2D eigenvalue weighted by Crippen LogP contribution is -2.36. The summed E-state index contributed by atoms with van der Waals surface area (Å²) >= 11 is 0. The van der Waals surface area contributed by atoms with Crippen LogP contribution in [0.25, 0.3) is 0 Å². The number of carboxylic acids is 1. The maximum absolute atomic E-state index is 12.8. The number of carbonyl (C=O) groups excluding carboxylic acids is 1. The molecule has 0 aromatic carbocycles. The first-order chi connectivity index (χ1) is 8.02. The van der Waals surface area contributed by atoms with Crippen molar-refractivity contribution in [2.45, 2.75) is 25.8 Å². The van der Waals surface area contributed by atoms with E-state index in [1.165, 1.54) is 6.20 Å². The second-order valence-electron chi connectivity index (χ2n) is 3.57. The number of pyridine rings is 1. The van der Waals surface area contributed by atoms with Crippen LogP contribution < -0.4 is 5.32 Å². The summed E-state index contributed by atoms with van der Waals surface area (Å²) in [5.41, 5.74) is 0.0776. The number of hydrogen-bond donors (Lipinski definition) is 2. The van der Waals surface area contributed by atoms with Crippen LogP contribution in [0.15, 0.2) is 18.5 Å². The van der Waals surface area contributed by atoms with Gasteiger partial charge in [0.05, 0.1) is 18.2 Å². The van der Waals surface area contributed by atoms with E-state index in [9.17, 15) is 14.0 Å². The first-order valence-electron chi connectivity index (χ1n) is 5.16. The molecule has 0 spiro atoms. The van der Waals surface area contributed by atoms with Gasteiger partial charge in [0.2, 0.25) is 0 Å². The summed E-state index contributed by atoms with van der Waals surface area (Å²) in [5, 5.41) is 11.1. The Morgan fingerprint density at radius 2 is 2.24 bits per heavy atom. The Morgan fingerprint density at radius 3 is 2.76 bits per heavy atom. The predicted octanol–water partition coefficient (Wildman–Crippen LogP) is 1.20. The maximum atomic E-state index is 12.8. The molecule has 1 rings (SSSR count). The van der Waals surface area contributed by atoms with Gasteiger partial charge in [0, 0.05) is 12.2 Å². The van der Waals surface area contributed by atoms with E-state index < -0.39 is 23.7 Å². The fourth-order valence-corrected chi connectivity index (χ4v) is 1.31. The number of rotatable bonds is 5. The van der Waals surface area contributed by atoms with Crippen molar-refractivity contribution >= 4 is 11.9 Å². The number of carboxylic acid groups (broad SMARTS) is 1. The Hall–Kier alpha value is -1.98. The van der Waals surface area contributed by atoms with Crippen LogP contribution >= 0.6 is 0 Å². The molecular formula is C11H13FN2O3. The molecule has 0 radical (unpaired) electrons. The molecule has 92 valence electrons. The Morgan fingerprint density at radius 1 is 1.53 bits per heavy atom. The molecule has 5 nitrogen and oxygen atoms in total. The molecule has 6 heteroatoms. The lowest BCUT2D eigenvalue weighted by Gasteiger charge is -2.14. The minimum absolute atomic E-state index is 0.0776. The third kappa shape index (κ3) is 4.18. The summed E-state index contributed by atoms with van der Waals surface area (Å²) in [6.45, 7) is 1.76. The molecule has 0 saturated carbocycles. The topological polar surface area (TPSA) is 79.3 Å². The van der Waals surface area contributed by atoms with E-state index in [0.717, 1.165) is 12.3 Å². The van der Waals surface area contributed by atoms with Crippen LogP contribution in [0.2, 0.25) is 0 Å². The van der Waals surface area contributed by atoms with Crippen LogP contribution in [0.3, 0.4) is 0 Å². The van der Waals surface area contributed by atoms with E-state index >= 15 is 0 Å². The fraction of sp³-hybridized carbons (Fsp3) is 0.364. The predicted molar refractivity (Wildman–Crippen MR) is 58.0 cm³/mol. The number of aromatic nitrogens is 1. The SMILES string of the molecule is CCC(CC(=O)O)NC(=O)c1cncc(F)c1. The van der Waals surface area contributed by atoms with E-state index in [2.05, 4.69) is 10.3 Å². The Labute approximate surface area is 97.7 Å². The van der Waals surface area contributed by atoms with E-state index in [0.29, 0.717) is 6.42 Å². The number of aliphatic carboxylic acids is 1. The van der Waals surface area contributed by atoms with E-state index in [1.807, 2.05) is 0 Å². The Bertz CT molecular complexity index is 423. The highest BCUT2D eigenvalue weighted by Crippen LogP contribution is 2.04. The van der Waals surface area contributed by atoms with Crippen molar-refractivity contribution in [3.05, 3.63) is 29.8 Å². The lowest BCUT2D eigenvalue weighted by atomic mass is 10.1. The second-order valence-corrected chi connectivity index (χ2v) is 3.57. The summed E-state index contributed by atoms with van der Waals surface area (Å²) in [7, 11) is 0. The lowest BCUT2D eigenvalue weighted by molar-refractivity contribution is -0.137. The minimum Gasteiger partial charge on any atom is -0.481 e. The number of hydrogen-bond acceptors (Lipinski definition) is 3. The summed E-state index contributed by atoms with van der Waals surface area (Å²) < 4.78 is 12.8. The molecule has 17 heavy (non-hydrogen) atoms. The third-order valence-corrected chi connectivity index (χ3v) is 2.22. The van der Waals surface area contributed by atoms with Crippen molar-refractivity contribution in [3.8, 4) is 0 Å². The van der Waals surface area contributed by atoms with Gasteiger partial charge in [-0.3, -0.25) is 14.6 Å². The van der Waals surface area contributed by atoms with Crippen molar-refractivity contribution in [3.63, 3.8) is 0 Å². The van der Waals surface area contributed by atoms with E-state index in [-0.39, 0.29) is 12.0 Å². The standard InChI is InChI=1S/C11H13FN2O3/c1-2-9(4-10(15)16)14-11(17)7-3-8(12)6-13-5-7/h3,5-6,9H,2,4H2,1H3,(H,14,17)(H,15,16). The van der Waals surface area contributed by atoms with Gasteiger partial charge in [0.1, 0.15) is 5.82 Å². The molecule has 0 aliphatic carbocycles. The molecule has 0 aliphatic heterocycles. The summed E-state index contributed by atoms with van der Waals surface area (Å²) in [6, 6.07) is 0.582. The molecule has 2 N–H and O–H groups in total. The van der Waals surface area contributed by atoms with Crippen molar-refractivity contribution in [1.82, 2.24) is 10.3 Å². The maximum Gasteiger partial charge on any atom is 0.305 e. The van der Waals surface area contributed by atoms with Crippen LogP contribution in [0.1, 0.15) is 30.1 Å². The smallest absolute Gasteiger partial charge is 0.305 e. The summed E-state index contributed by atoms with van der Waals surface area (Å²) in [4.78, 5) is 25.7. The zero-order chi connectivity index (χ0) is 12.8. The first-order valence-corrected chi connectivity index (χ1v) is 5.16. The normalized spacial score (nSPS) is 11.9. The summed E-state index contributed by atoms with van der Waals surface area (Å²) in [6.07, 6.45) is 2.54. The zero-order valence-corrected chi connectivity index (χ0v) is 9.31. The van der Waals surface area contributed by atoms with Crippen LogP contribution in [-0.2, 0) is 4.79 Å². The Kier molecular flexibility index (Phi) is 4.56. The van der Waals surface area contributed by atoms with Gasteiger partial charge < -0.3 is 10.4 Å².